The first-order valence-electron chi connectivity index (χ1n) is 7.06. The topological polar surface area (TPSA) is 12.5 Å². The number of rotatable bonds is 4. The van der Waals surface area contributed by atoms with E-state index in [-0.39, 0.29) is 0 Å². The summed E-state index contributed by atoms with van der Waals surface area (Å²) in [5, 5.41) is 0. The highest BCUT2D eigenvalue weighted by Crippen LogP contribution is 2.33. The largest absolute Gasteiger partial charge is 0.492 e. The fraction of sp³-hybridized carbons (Fsp3) is 0.625. The predicted molar refractivity (Wildman–Crippen MR) is 83.6 cm³/mol. The maximum atomic E-state index is 5.78. The highest BCUT2D eigenvalue weighted by Gasteiger charge is 2.31. The second-order valence-electron chi connectivity index (χ2n) is 6.45. The molecule has 1 unspecified atom stereocenters. The van der Waals surface area contributed by atoms with Gasteiger partial charge in [0.15, 0.2) is 0 Å². The normalized spacial score (nSPS) is 20.7. The molecular weight excluding hydrogens is 302 g/mol. The van der Waals surface area contributed by atoms with Gasteiger partial charge in [0.1, 0.15) is 12.4 Å². The second-order valence-corrected chi connectivity index (χ2v) is 7.37. The van der Waals surface area contributed by atoms with Crippen LogP contribution in [0.3, 0.4) is 0 Å². The second kappa shape index (κ2) is 6.27. The fourth-order valence-corrected chi connectivity index (χ4v) is 2.83. The summed E-state index contributed by atoms with van der Waals surface area (Å²) in [5.41, 5.74) is 0.432. The van der Waals surface area contributed by atoms with Crippen molar-refractivity contribution in [2.75, 3.05) is 26.2 Å². The van der Waals surface area contributed by atoms with Gasteiger partial charge in [-0.05, 0) is 48.6 Å². The van der Waals surface area contributed by atoms with E-state index in [1.165, 1.54) is 19.5 Å². The molecule has 0 aliphatic carbocycles. The van der Waals surface area contributed by atoms with Gasteiger partial charge >= 0.3 is 0 Å². The Hall–Kier alpha value is -0.540. The zero-order chi connectivity index (χ0) is 13.9. The van der Waals surface area contributed by atoms with Gasteiger partial charge < -0.3 is 4.74 Å². The molecule has 1 fully saturated rings. The smallest absolute Gasteiger partial charge is 0.119 e. The summed E-state index contributed by atoms with van der Waals surface area (Å²) in [6, 6.07) is 8.04. The molecule has 1 heterocycles. The summed E-state index contributed by atoms with van der Waals surface area (Å²) in [4.78, 5) is 2.52. The molecule has 1 aromatic carbocycles. The van der Waals surface area contributed by atoms with E-state index < -0.39 is 0 Å². The lowest BCUT2D eigenvalue weighted by molar-refractivity contribution is 0.203. The molecule has 0 bridgehead atoms. The number of likely N-dealkylation sites (tertiary alicyclic amines) is 1. The minimum Gasteiger partial charge on any atom is -0.492 e. The summed E-state index contributed by atoms with van der Waals surface area (Å²) < 4.78 is 6.87. The summed E-state index contributed by atoms with van der Waals surface area (Å²) in [6.45, 7) is 11.3. The van der Waals surface area contributed by atoms with Crippen LogP contribution in [0, 0.1) is 11.3 Å². The Bertz CT molecular complexity index is 396. The van der Waals surface area contributed by atoms with Crippen molar-refractivity contribution in [2.45, 2.75) is 27.2 Å². The van der Waals surface area contributed by atoms with E-state index in [2.05, 4.69) is 41.6 Å². The Labute approximate surface area is 125 Å². The average Bonchev–Trinajstić information content (AvgIpc) is 2.80. The molecule has 0 saturated carbocycles. The van der Waals surface area contributed by atoms with Crippen LogP contribution in [-0.4, -0.2) is 31.1 Å². The lowest BCUT2D eigenvalue weighted by Gasteiger charge is -2.27. The van der Waals surface area contributed by atoms with Crippen LogP contribution < -0.4 is 4.74 Å². The van der Waals surface area contributed by atoms with Gasteiger partial charge in [-0.25, -0.2) is 0 Å². The summed E-state index contributed by atoms with van der Waals surface area (Å²) in [5.74, 6) is 1.77. The van der Waals surface area contributed by atoms with Gasteiger partial charge in [0.2, 0.25) is 0 Å². The first kappa shape index (κ1) is 14.9. The Balaban J connectivity index is 1.71. The Kier molecular flexibility index (Phi) is 4.91. The summed E-state index contributed by atoms with van der Waals surface area (Å²) in [6.07, 6.45) is 1.32. The Morgan fingerprint density at radius 1 is 1.26 bits per heavy atom. The number of benzene rings is 1. The lowest BCUT2D eigenvalue weighted by Crippen LogP contribution is -2.29. The Morgan fingerprint density at radius 2 is 1.95 bits per heavy atom. The molecule has 1 saturated heterocycles. The van der Waals surface area contributed by atoms with E-state index in [1.807, 2.05) is 24.3 Å². The van der Waals surface area contributed by atoms with Crippen molar-refractivity contribution in [3.05, 3.63) is 28.7 Å². The number of ether oxygens (including phenoxy) is 1. The maximum absolute atomic E-state index is 5.78. The van der Waals surface area contributed by atoms with Gasteiger partial charge in [0, 0.05) is 17.6 Å². The van der Waals surface area contributed by atoms with E-state index in [0.717, 1.165) is 29.3 Å². The van der Waals surface area contributed by atoms with E-state index in [4.69, 9.17) is 4.74 Å². The van der Waals surface area contributed by atoms with Crippen molar-refractivity contribution in [3.63, 3.8) is 0 Å². The van der Waals surface area contributed by atoms with Crippen molar-refractivity contribution in [1.82, 2.24) is 4.90 Å². The zero-order valence-electron chi connectivity index (χ0n) is 12.2. The molecule has 1 aliphatic heterocycles. The van der Waals surface area contributed by atoms with Crippen molar-refractivity contribution < 1.29 is 4.74 Å². The third kappa shape index (κ3) is 4.50. The van der Waals surface area contributed by atoms with Crippen LogP contribution >= 0.6 is 15.9 Å². The quantitative estimate of drug-likeness (QED) is 0.822. The molecular formula is C16H24BrNO. The molecule has 2 rings (SSSR count). The van der Waals surface area contributed by atoms with E-state index >= 15 is 0 Å². The monoisotopic (exact) mass is 325 g/mol. The van der Waals surface area contributed by atoms with Crippen molar-refractivity contribution >= 4 is 15.9 Å². The van der Waals surface area contributed by atoms with E-state index in [1.54, 1.807) is 0 Å². The molecule has 1 aliphatic rings. The summed E-state index contributed by atoms with van der Waals surface area (Å²) >= 11 is 3.43. The van der Waals surface area contributed by atoms with Gasteiger partial charge in [-0.15, -0.1) is 0 Å². The van der Waals surface area contributed by atoms with Crippen molar-refractivity contribution in [3.8, 4) is 5.75 Å². The molecule has 0 aromatic heterocycles. The van der Waals surface area contributed by atoms with Crippen LogP contribution in [0.15, 0.2) is 28.7 Å². The van der Waals surface area contributed by atoms with Crippen LogP contribution in [-0.2, 0) is 0 Å². The minimum absolute atomic E-state index is 0.432. The average molecular weight is 326 g/mol. The molecule has 3 heteroatoms. The first-order valence-corrected chi connectivity index (χ1v) is 7.85. The molecule has 1 atom stereocenters. The van der Waals surface area contributed by atoms with Crippen LogP contribution in [0.25, 0.3) is 0 Å². The third-order valence-electron chi connectivity index (χ3n) is 3.99. The number of halogens is 1. The fourth-order valence-electron chi connectivity index (χ4n) is 2.57. The maximum Gasteiger partial charge on any atom is 0.119 e. The van der Waals surface area contributed by atoms with Gasteiger partial charge in [-0.1, -0.05) is 36.7 Å². The van der Waals surface area contributed by atoms with Gasteiger partial charge in [0.25, 0.3) is 0 Å². The number of hydrogen-bond acceptors (Lipinski definition) is 2. The SMILES string of the molecule is CC(C)(C)C1CCN(CCOc2ccc(Br)cc2)C1. The molecule has 0 radical (unpaired) electrons. The molecule has 19 heavy (non-hydrogen) atoms. The molecule has 0 N–H and O–H groups in total. The predicted octanol–water partition coefficient (Wildman–Crippen LogP) is 4.20. The van der Waals surface area contributed by atoms with Crippen LogP contribution in [0.4, 0.5) is 0 Å². The molecule has 0 amide bonds. The molecule has 0 spiro atoms. The molecule has 2 nitrogen and oxygen atoms in total. The van der Waals surface area contributed by atoms with Crippen molar-refractivity contribution in [2.24, 2.45) is 11.3 Å². The van der Waals surface area contributed by atoms with Crippen molar-refractivity contribution in [1.29, 1.82) is 0 Å². The highest BCUT2D eigenvalue weighted by molar-refractivity contribution is 9.10. The lowest BCUT2D eigenvalue weighted by atomic mass is 9.80. The van der Waals surface area contributed by atoms with Gasteiger partial charge in [-0.2, -0.15) is 0 Å². The van der Waals surface area contributed by atoms with Crippen LogP contribution in [0.2, 0.25) is 0 Å². The van der Waals surface area contributed by atoms with Crippen LogP contribution in [0.1, 0.15) is 27.2 Å². The highest BCUT2D eigenvalue weighted by atomic mass is 79.9. The van der Waals surface area contributed by atoms with E-state index in [9.17, 15) is 0 Å². The molecule has 1 aromatic rings. The third-order valence-corrected chi connectivity index (χ3v) is 4.52. The number of hydrogen-bond donors (Lipinski definition) is 0. The van der Waals surface area contributed by atoms with Gasteiger partial charge in [-0.3, -0.25) is 4.90 Å². The van der Waals surface area contributed by atoms with Crippen LogP contribution in [0.5, 0.6) is 5.75 Å². The van der Waals surface area contributed by atoms with E-state index in [0.29, 0.717) is 5.41 Å². The Morgan fingerprint density at radius 3 is 2.53 bits per heavy atom. The van der Waals surface area contributed by atoms with Gasteiger partial charge in [0.05, 0.1) is 0 Å². The first-order chi connectivity index (χ1) is 8.95. The number of nitrogens with zero attached hydrogens (tertiary/aromatic N) is 1. The minimum atomic E-state index is 0.432. The summed E-state index contributed by atoms with van der Waals surface area (Å²) in [7, 11) is 0. The zero-order valence-corrected chi connectivity index (χ0v) is 13.7. The molecule has 106 valence electrons. The standard InChI is InChI=1S/C16H24BrNO/c1-16(2,3)13-8-9-18(12-13)10-11-19-15-6-4-14(17)5-7-15/h4-7,13H,8-12H2,1-3H3.